The fourth-order valence-corrected chi connectivity index (χ4v) is 3.82. The molecule has 0 aromatic heterocycles. The number of nitrogens with two attached hydrogens (primary N) is 1. The van der Waals surface area contributed by atoms with E-state index in [-0.39, 0.29) is 16.6 Å². The zero-order valence-electron chi connectivity index (χ0n) is 12.3. The first-order chi connectivity index (χ1) is 9.34. The Balaban J connectivity index is 3.21. The van der Waals surface area contributed by atoms with Crippen LogP contribution in [0.15, 0.2) is 23.1 Å². The van der Waals surface area contributed by atoms with E-state index in [1.54, 1.807) is 0 Å². The van der Waals surface area contributed by atoms with Crippen LogP contribution in [-0.2, 0) is 10.0 Å². The van der Waals surface area contributed by atoms with Gasteiger partial charge in [-0.3, -0.25) is 0 Å². The van der Waals surface area contributed by atoms with Gasteiger partial charge in [-0.15, -0.1) is 0 Å². The van der Waals surface area contributed by atoms with Crippen LogP contribution in [0, 0.1) is 5.82 Å². The van der Waals surface area contributed by atoms with Gasteiger partial charge in [0.2, 0.25) is 10.0 Å². The van der Waals surface area contributed by atoms with Gasteiger partial charge in [0.15, 0.2) is 0 Å². The molecule has 0 aliphatic carbocycles. The van der Waals surface area contributed by atoms with Crippen LogP contribution in [0.25, 0.3) is 0 Å². The van der Waals surface area contributed by atoms with Crippen LogP contribution in [-0.4, -0.2) is 25.3 Å². The lowest BCUT2D eigenvalue weighted by molar-refractivity contribution is 0.324. The molecule has 1 rings (SSSR count). The lowest BCUT2D eigenvalue weighted by Gasteiger charge is -2.28. The number of sulfonamides is 1. The minimum absolute atomic E-state index is 0.0182. The molecule has 0 amide bonds. The monoisotopic (exact) mass is 302 g/mol. The van der Waals surface area contributed by atoms with Crippen molar-refractivity contribution in [2.24, 2.45) is 0 Å². The molecule has 1 aromatic rings. The van der Waals surface area contributed by atoms with Gasteiger partial charge in [-0.1, -0.05) is 20.3 Å². The Hall–Kier alpha value is -1.14. The second kappa shape index (κ2) is 7.04. The normalized spacial score (nSPS) is 13.7. The van der Waals surface area contributed by atoms with Gasteiger partial charge in [0.25, 0.3) is 0 Å². The first kappa shape index (κ1) is 16.9. The molecule has 1 unspecified atom stereocenters. The fraction of sp³-hybridized carbons (Fsp3) is 0.571. The van der Waals surface area contributed by atoms with E-state index in [0.29, 0.717) is 13.0 Å². The number of halogens is 1. The van der Waals surface area contributed by atoms with Gasteiger partial charge in [-0.2, -0.15) is 4.31 Å². The summed E-state index contributed by atoms with van der Waals surface area (Å²) in [5.74, 6) is -0.537. The van der Waals surface area contributed by atoms with Gasteiger partial charge in [0, 0.05) is 12.6 Å². The second-order valence-electron chi connectivity index (χ2n) is 4.91. The topological polar surface area (TPSA) is 63.4 Å². The smallest absolute Gasteiger partial charge is 0.245 e. The molecule has 2 N–H and O–H groups in total. The summed E-state index contributed by atoms with van der Waals surface area (Å²) in [6.07, 6.45) is 2.40. The summed E-state index contributed by atoms with van der Waals surface area (Å²) in [6.45, 7) is 6.26. The van der Waals surface area contributed by atoms with Crippen LogP contribution in [0.3, 0.4) is 0 Å². The largest absolute Gasteiger partial charge is 0.398 e. The van der Waals surface area contributed by atoms with Crippen molar-refractivity contribution in [3.05, 3.63) is 24.0 Å². The molecular formula is C14H23FN2O2S. The maximum Gasteiger partial charge on any atom is 0.245 e. The predicted octanol–water partition coefficient (Wildman–Crippen LogP) is 3.00. The van der Waals surface area contributed by atoms with Gasteiger partial charge < -0.3 is 5.73 Å². The Labute approximate surface area is 120 Å². The molecule has 0 aliphatic heterocycles. The minimum atomic E-state index is -3.69. The van der Waals surface area contributed by atoms with Gasteiger partial charge in [-0.25, -0.2) is 12.8 Å². The fourth-order valence-electron chi connectivity index (χ4n) is 1.98. The van der Waals surface area contributed by atoms with E-state index in [4.69, 9.17) is 5.73 Å². The van der Waals surface area contributed by atoms with Crippen LogP contribution in [0.4, 0.5) is 10.1 Å². The number of hydrogen-bond acceptors (Lipinski definition) is 3. The van der Waals surface area contributed by atoms with Crippen molar-refractivity contribution in [2.45, 2.75) is 51.0 Å². The van der Waals surface area contributed by atoms with Gasteiger partial charge in [-0.05, 0) is 38.0 Å². The molecule has 0 heterocycles. The van der Waals surface area contributed by atoms with Gasteiger partial charge in [0.1, 0.15) is 10.7 Å². The number of nitrogen functional groups attached to an aromatic ring is 1. The zero-order valence-corrected chi connectivity index (χ0v) is 13.1. The third-order valence-corrected chi connectivity index (χ3v) is 5.46. The number of rotatable bonds is 7. The standard InChI is InChI=1S/C14H23FN2O2S/c1-4-6-9-17(11(3)5-2)20(18,19)14-8-7-12(15)10-13(14)16/h7-8,10-11H,4-6,9,16H2,1-3H3. The van der Waals surface area contributed by atoms with E-state index < -0.39 is 15.8 Å². The minimum Gasteiger partial charge on any atom is -0.398 e. The second-order valence-corrected chi connectivity index (χ2v) is 6.77. The maximum atomic E-state index is 13.1. The summed E-state index contributed by atoms with van der Waals surface area (Å²) in [5, 5.41) is 0. The highest BCUT2D eigenvalue weighted by molar-refractivity contribution is 7.89. The Morgan fingerprint density at radius 2 is 2.00 bits per heavy atom. The molecule has 20 heavy (non-hydrogen) atoms. The van der Waals surface area contributed by atoms with Crippen LogP contribution in [0.5, 0.6) is 0 Å². The van der Waals surface area contributed by atoms with Gasteiger partial charge >= 0.3 is 0 Å². The molecule has 1 aromatic carbocycles. The van der Waals surface area contributed by atoms with Crippen LogP contribution >= 0.6 is 0 Å². The van der Waals surface area contributed by atoms with E-state index in [1.807, 2.05) is 20.8 Å². The summed E-state index contributed by atoms with van der Waals surface area (Å²) in [4.78, 5) is -0.0182. The van der Waals surface area contributed by atoms with Crippen molar-refractivity contribution < 1.29 is 12.8 Å². The molecule has 0 fully saturated rings. The third kappa shape index (κ3) is 3.70. The summed E-state index contributed by atoms with van der Waals surface area (Å²) in [6, 6.07) is 3.29. The van der Waals surface area contributed by atoms with E-state index in [0.717, 1.165) is 25.0 Å². The number of benzene rings is 1. The molecule has 0 saturated carbocycles. The maximum absolute atomic E-state index is 13.1. The van der Waals surface area contributed by atoms with Gasteiger partial charge in [0.05, 0.1) is 5.69 Å². The van der Waals surface area contributed by atoms with Crippen LogP contribution in [0.2, 0.25) is 0 Å². The van der Waals surface area contributed by atoms with Crippen molar-refractivity contribution in [2.75, 3.05) is 12.3 Å². The van der Waals surface area contributed by atoms with Crippen molar-refractivity contribution in [1.82, 2.24) is 4.31 Å². The first-order valence-electron chi connectivity index (χ1n) is 6.91. The SMILES string of the molecule is CCCCN(C(C)CC)S(=O)(=O)c1ccc(F)cc1N. The number of unbranched alkanes of at least 4 members (excludes halogenated alkanes) is 1. The zero-order chi connectivity index (χ0) is 15.3. The molecule has 1 atom stereocenters. The van der Waals surface area contributed by atoms with E-state index in [2.05, 4.69) is 0 Å². The summed E-state index contributed by atoms with van der Waals surface area (Å²) in [5.41, 5.74) is 5.62. The Kier molecular flexibility index (Phi) is 5.95. The Morgan fingerprint density at radius 1 is 1.35 bits per heavy atom. The molecule has 4 nitrogen and oxygen atoms in total. The van der Waals surface area contributed by atoms with E-state index in [1.165, 1.54) is 10.4 Å². The molecule has 0 saturated heterocycles. The predicted molar refractivity (Wildman–Crippen MR) is 79.4 cm³/mol. The highest BCUT2D eigenvalue weighted by Gasteiger charge is 2.29. The van der Waals surface area contributed by atoms with Crippen molar-refractivity contribution in [1.29, 1.82) is 0 Å². The molecule has 0 aliphatic rings. The molecule has 0 spiro atoms. The molecule has 114 valence electrons. The number of hydrogen-bond donors (Lipinski definition) is 1. The van der Waals surface area contributed by atoms with Crippen LogP contribution in [0.1, 0.15) is 40.0 Å². The number of anilines is 1. The van der Waals surface area contributed by atoms with Crippen molar-refractivity contribution in [3.8, 4) is 0 Å². The van der Waals surface area contributed by atoms with Crippen LogP contribution < -0.4 is 5.73 Å². The lowest BCUT2D eigenvalue weighted by atomic mass is 10.2. The van der Waals surface area contributed by atoms with Crippen molar-refractivity contribution in [3.63, 3.8) is 0 Å². The summed E-state index contributed by atoms with van der Waals surface area (Å²) < 4.78 is 39.9. The first-order valence-corrected chi connectivity index (χ1v) is 8.35. The highest BCUT2D eigenvalue weighted by Crippen LogP contribution is 2.25. The highest BCUT2D eigenvalue weighted by atomic mass is 32.2. The summed E-state index contributed by atoms with van der Waals surface area (Å²) in [7, 11) is -3.69. The van der Waals surface area contributed by atoms with Crippen molar-refractivity contribution >= 4 is 15.7 Å². The van der Waals surface area contributed by atoms with E-state index in [9.17, 15) is 12.8 Å². The average Bonchev–Trinajstić information content (AvgIpc) is 2.38. The Bertz CT molecular complexity index is 546. The lowest BCUT2D eigenvalue weighted by Crippen LogP contribution is -2.39. The van der Waals surface area contributed by atoms with E-state index >= 15 is 0 Å². The quantitative estimate of drug-likeness (QED) is 0.788. The summed E-state index contributed by atoms with van der Waals surface area (Å²) >= 11 is 0. The molecular weight excluding hydrogens is 279 g/mol. The molecule has 6 heteroatoms. The molecule has 0 radical (unpaired) electrons. The number of nitrogens with zero attached hydrogens (tertiary/aromatic N) is 1. The average molecular weight is 302 g/mol. The molecule has 0 bridgehead atoms. The third-order valence-electron chi connectivity index (χ3n) is 3.37. The Morgan fingerprint density at radius 3 is 2.50 bits per heavy atom.